The molecule has 0 bridgehead atoms. The Hall–Kier alpha value is -3.75. The first-order valence-electron chi connectivity index (χ1n) is 7.47. The summed E-state index contributed by atoms with van der Waals surface area (Å²) in [7, 11) is 0. The van der Waals surface area contributed by atoms with Crippen molar-refractivity contribution in [1.29, 1.82) is 0 Å². The predicted octanol–water partition coefficient (Wildman–Crippen LogP) is 1.53. The monoisotopic (exact) mass is 356 g/mol. The average molecular weight is 356 g/mol. The number of carbonyl (C=O) groups excluding carboxylic acids is 2. The number of carbonyl (C=O) groups is 2. The number of nitrogens with two attached hydrogens (primary N) is 1. The van der Waals surface area contributed by atoms with E-state index in [0.29, 0.717) is 11.3 Å². The fourth-order valence-electron chi connectivity index (χ4n) is 2.10. The molecule has 2 amide bonds. The van der Waals surface area contributed by atoms with Gasteiger partial charge >= 0.3 is 0 Å². The lowest BCUT2D eigenvalue weighted by Crippen LogP contribution is -2.20. The fraction of sp³-hybridized carbons (Fsp3) is 0.118. The summed E-state index contributed by atoms with van der Waals surface area (Å²) in [6, 6.07) is 10.8. The molecule has 0 aliphatic heterocycles. The normalized spacial score (nSPS) is 10.5. The van der Waals surface area contributed by atoms with Gasteiger partial charge in [-0.05, 0) is 42.8 Å². The van der Waals surface area contributed by atoms with Crippen molar-refractivity contribution in [3.63, 3.8) is 0 Å². The number of nitro groups is 1. The predicted molar refractivity (Wildman–Crippen MR) is 94.0 cm³/mol. The van der Waals surface area contributed by atoms with Gasteiger partial charge in [-0.25, -0.2) is 5.43 Å². The number of rotatable bonds is 7. The van der Waals surface area contributed by atoms with Crippen molar-refractivity contribution in [3.05, 3.63) is 69.3 Å². The highest BCUT2D eigenvalue weighted by Gasteiger charge is 2.17. The molecule has 0 heterocycles. The van der Waals surface area contributed by atoms with Crippen LogP contribution < -0.4 is 15.9 Å². The lowest BCUT2D eigenvalue weighted by Gasteiger charge is -2.05. The van der Waals surface area contributed by atoms with Crippen molar-refractivity contribution >= 4 is 23.7 Å². The third-order valence-electron chi connectivity index (χ3n) is 3.39. The van der Waals surface area contributed by atoms with Crippen LogP contribution in [0.1, 0.15) is 21.5 Å². The van der Waals surface area contributed by atoms with Crippen LogP contribution in [0, 0.1) is 17.0 Å². The van der Waals surface area contributed by atoms with E-state index in [1.165, 1.54) is 31.3 Å². The Balaban J connectivity index is 2.00. The van der Waals surface area contributed by atoms with E-state index >= 15 is 0 Å². The van der Waals surface area contributed by atoms with Crippen LogP contribution in [0.5, 0.6) is 5.75 Å². The van der Waals surface area contributed by atoms with Crippen LogP contribution in [0.2, 0.25) is 0 Å². The van der Waals surface area contributed by atoms with Gasteiger partial charge in [0.2, 0.25) is 0 Å². The Morgan fingerprint density at radius 1 is 1.27 bits per heavy atom. The molecule has 3 N–H and O–H groups in total. The molecule has 0 aliphatic carbocycles. The highest BCUT2D eigenvalue weighted by molar-refractivity contribution is 5.97. The maximum Gasteiger partial charge on any atom is 0.273 e. The highest BCUT2D eigenvalue weighted by Crippen LogP contribution is 2.20. The van der Waals surface area contributed by atoms with E-state index in [-0.39, 0.29) is 23.4 Å². The first-order valence-corrected chi connectivity index (χ1v) is 7.47. The quantitative estimate of drug-likeness (QED) is 0.440. The molecule has 0 fully saturated rings. The van der Waals surface area contributed by atoms with Crippen molar-refractivity contribution in [3.8, 4) is 5.75 Å². The molecule has 0 spiro atoms. The molecule has 26 heavy (non-hydrogen) atoms. The average Bonchev–Trinajstić information content (AvgIpc) is 2.60. The van der Waals surface area contributed by atoms with Crippen molar-refractivity contribution < 1.29 is 19.2 Å². The van der Waals surface area contributed by atoms with Gasteiger partial charge in [-0.1, -0.05) is 6.07 Å². The summed E-state index contributed by atoms with van der Waals surface area (Å²) in [5.74, 6) is -0.657. The van der Waals surface area contributed by atoms with Crippen LogP contribution in [0.3, 0.4) is 0 Å². The van der Waals surface area contributed by atoms with Crippen LogP contribution in [-0.2, 0) is 4.79 Å². The zero-order chi connectivity index (χ0) is 19.1. The van der Waals surface area contributed by atoms with Crippen LogP contribution in [0.15, 0.2) is 47.6 Å². The van der Waals surface area contributed by atoms with Gasteiger partial charge in [-0.3, -0.25) is 19.7 Å². The summed E-state index contributed by atoms with van der Waals surface area (Å²) in [4.78, 5) is 33.1. The maximum atomic E-state index is 12.1. The number of hydrogen-bond donors (Lipinski definition) is 2. The van der Waals surface area contributed by atoms with Crippen molar-refractivity contribution in [2.75, 3.05) is 6.61 Å². The molecule has 2 aromatic rings. The smallest absolute Gasteiger partial charge is 0.273 e. The summed E-state index contributed by atoms with van der Waals surface area (Å²) in [5.41, 5.74) is 8.29. The van der Waals surface area contributed by atoms with Gasteiger partial charge in [-0.2, -0.15) is 5.10 Å². The van der Waals surface area contributed by atoms with Crippen LogP contribution >= 0.6 is 0 Å². The number of ether oxygens (including phenoxy) is 1. The summed E-state index contributed by atoms with van der Waals surface area (Å²) in [5, 5.41) is 14.7. The number of primary amides is 1. The molecule has 0 aliphatic rings. The summed E-state index contributed by atoms with van der Waals surface area (Å²) < 4.78 is 5.12. The Labute approximate surface area is 148 Å². The van der Waals surface area contributed by atoms with Gasteiger partial charge in [0.15, 0.2) is 6.61 Å². The second kappa shape index (κ2) is 8.38. The van der Waals surface area contributed by atoms with Gasteiger partial charge in [0, 0.05) is 11.6 Å². The molecule has 0 saturated carbocycles. The summed E-state index contributed by atoms with van der Waals surface area (Å²) >= 11 is 0. The van der Waals surface area contributed by atoms with Gasteiger partial charge in [-0.15, -0.1) is 0 Å². The highest BCUT2D eigenvalue weighted by atomic mass is 16.6. The van der Waals surface area contributed by atoms with Crippen molar-refractivity contribution in [2.45, 2.75) is 6.92 Å². The minimum atomic E-state index is -0.574. The first kappa shape index (κ1) is 18.6. The van der Waals surface area contributed by atoms with Gasteiger partial charge in [0.05, 0.1) is 16.7 Å². The number of hydrogen-bond acceptors (Lipinski definition) is 6. The Kier molecular flexibility index (Phi) is 5.99. The number of nitrogens with zero attached hydrogens (tertiary/aromatic N) is 2. The van der Waals surface area contributed by atoms with Gasteiger partial charge < -0.3 is 10.5 Å². The molecule has 0 saturated heterocycles. The molecule has 0 radical (unpaired) electrons. The van der Waals surface area contributed by atoms with E-state index in [2.05, 4.69) is 10.5 Å². The molecule has 9 nitrogen and oxygen atoms in total. The van der Waals surface area contributed by atoms with Crippen LogP contribution in [0.4, 0.5) is 5.69 Å². The summed E-state index contributed by atoms with van der Waals surface area (Å²) in [6.07, 6.45) is 1.41. The third kappa shape index (κ3) is 4.87. The largest absolute Gasteiger partial charge is 0.484 e. The number of benzene rings is 2. The molecule has 134 valence electrons. The van der Waals surface area contributed by atoms with Crippen LogP contribution in [0.25, 0.3) is 0 Å². The Morgan fingerprint density at radius 2 is 1.96 bits per heavy atom. The molecular formula is C17H16N4O5. The lowest BCUT2D eigenvalue weighted by molar-refractivity contribution is -0.385. The molecule has 0 unspecified atom stereocenters. The molecular weight excluding hydrogens is 340 g/mol. The van der Waals surface area contributed by atoms with E-state index in [1.807, 2.05) is 0 Å². The third-order valence-corrected chi connectivity index (χ3v) is 3.39. The number of amides is 2. The maximum absolute atomic E-state index is 12.1. The van der Waals surface area contributed by atoms with E-state index in [0.717, 1.165) is 0 Å². The molecule has 0 aromatic heterocycles. The zero-order valence-electron chi connectivity index (χ0n) is 13.8. The Bertz CT molecular complexity index is 862. The molecule has 2 rings (SSSR count). The Morgan fingerprint density at radius 3 is 2.58 bits per heavy atom. The van der Waals surface area contributed by atoms with Gasteiger partial charge in [0.1, 0.15) is 5.75 Å². The minimum Gasteiger partial charge on any atom is -0.484 e. The first-order chi connectivity index (χ1) is 12.4. The van der Waals surface area contributed by atoms with Gasteiger partial charge in [0.25, 0.3) is 17.5 Å². The second-order valence-corrected chi connectivity index (χ2v) is 5.23. The van der Waals surface area contributed by atoms with E-state index in [4.69, 9.17) is 10.5 Å². The topological polar surface area (TPSA) is 137 Å². The lowest BCUT2D eigenvalue weighted by atomic mass is 10.1. The van der Waals surface area contributed by atoms with E-state index < -0.39 is 16.7 Å². The van der Waals surface area contributed by atoms with Crippen molar-refractivity contribution in [1.82, 2.24) is 5.43 Å². The second-order valence-electron chi connectivity index (χ2n) is 5.23. The SMILES string of the molecule is Cc1c(C(=O)N/N=C/c2ccc(OCC(N)=O)cc2)cccc1[N+](=O)[O-]. The summed E-state index contributed by atoms with van der Waals surface area (Å²) in [6.45, 7) is 1.29. The number of nitrogens with one attached hydrogen (secondary N) is 1. The fourth-order valence-corrected chi connectivity index (χ4v) is 2.10. The van der Waals surface area contributed by atoms with E-state index in [1.54, 1.807) is 24.3 Å². The molecule has 0 atom stereocenters. The van der Waals surface area contributed by atoms with Crippen molar-refractivity contribution in [2.24, 2.45) is 10.8 Å². The standard InChI is InChI=1S/C17H16N4O5/c1-11-14(3-2-4-15(11)21(24)25)17(23)20-19-9-12-5-7-13(8-6-12)26-10-16(18)22/h2-9H,10H2,1H3,(H2,18,22)(H,20,23)/b19-9+. The van der Waals surface area contributed by atoms with E-state index in [9.17, 15) is 19.7 Å². The molecule has 2 aromatic carbocycles. The van der Waals surface area contributed by atoms with Crippen LogP contribution in [-0.4, -0.2) is 29.6 Å². The minimum absolute atomic E-state index is 0.131. The molecule has 9 heteroatoms. The zero-order valence-corrected chi connectivity index (χ0v) is 13.8. The number of hydrazone groups is 1. The number of nitro benzene ring substituents is 1.